The molecule has 0 spiro atoms. The van der Waals surface area contributed by atoms with Crippen molar-refractivity contribution < 1.29 is 8.42 Å². The Morgan fingerprint density at radius 1 is 1.61 bits per heavy atom. The molecule has 4 nitrogen and oxygen atoms in total. The predicted molar refractivity (Wildman–Crippen MR) is 74.6 cm³/mol. The van der Waals surface area contributed by atoms with Crippen LogP contribution in [0.5, 0.6) is 0 Å². The highest BCUT2D eigenvalue weighted by Crippen LogP contribution is 2.40. The molecular weight excluding hydrogens is 292 g/mol. The lowest BCUT2D eigenvalue weighted by atomic mass is 9.98. The van der Waals surface area contributed by atoms with Crippen molar-refractivity contribution in [2.24, 2.45) is 11.7 Å². The Hall–Kier alpha value is -0.140. The summed E-state index contributed by atoms with van der Waals surface area (Å²) in [6, 6.07) is 1.60. The third-order valence-electron chi connectivity index (χ3n) is 3.37. The second kappa shape index (κ2) is 4.76. The summed E-state index contributed by atoms with van der Waals surface area (Å²) in [4.78, 5) is 0. The third-order valence-corrected chi connectivity index (χ3v) is 7.01. The lowest BCUT2D eigenvalue weighted by Gasteiger charge is -2.28. The molecule has 102 valence electrons. The van der Waals surface area contributed by atoms with Gasteiger partial charge in [-0.2, -0.15) is 0 Å². The van der Waals surface area contributed by atoms with Crippen LogP contribution < -0.4 is 10.5 Å². The fourth-order valence-corrected chi connectivity index (χ4v) is 5.12. The zero-order valence-corrected chi connectivity index (χ0v) is 12.8. The van der Waals surface area contributed by atoms with Gasteiger partial charge in [0.2, 0.25) is 0 Å². The first-order chi connectivity index (χ1) is 8.28. The van der Waals surface area contributed by atoms with Crippen LogP contribution in [0.15, 0.2) is 10.3 Å². The van der Waals surface area contributed by atoms with Gasteiger partial charge >= 0.3 is 0 Å². The molecule has 1 heterocycles. The summed E-state index contributed by atoms with van der Waals surface area (Å²) in [6.45, 7) is 3.96. The highest BCUT2D eigenvalue weighted by atomic mass is 35.5. The Kier molecular flexibility index (Phi) is 3.77. The predicted octanol–water partition coefficient (Wildman–Crippen LogP) is 2.12. The van der Waals surface area contributed by atoms with E-state index in [0.29, 0.717) is 16.8 Å². The van der Waals surface area contributed by atoms with E-state index in [1.807, 2.05) is 6.92 Å². The van der Waals surface area contributed by atoms with Crippen LogP contribution in [-0.2, 0) is 10.0 Å². The maximum atomic E-state index is 12.3. The summed E-state index contributed by atoms with van der Waals surface area (Å²) in [6.07, 6.45) is 2.06. The average molecular weight is 309 g/mol. The lowest BCUT2D eigenvalue weighted by molar-refractivity contribution is 0.374. The highest BCUT2D eigenvalue weighted by Gasteiger charge is 2.43. The van der Waals surface area contributed by atoms with Gasteiger partial charge in [0.15, 0.2) is 0 Å². The number of sulfonamides is 1. The van der Waals surface area contributed by atoms with Crippen molar-refractivity contribution in [1.82, 2.24) is 4.72 Å². The van der Waals surface area contributed by atoms with Gasteiger partial charge in [-0.3, -0.25) is 0 Å². The molecule has 18 heavy (non-hydrogen) atoms. The second-order valence-electron chi connectivity index (χ2n) is 5.02. The van der Waals surface area contributed by atoms with Crippen molar-refractivity contribution in [2.45, 2.75) is 36.4 Å². The molecule has 1 fully saturated rings. The first-order valence-corrected chi connectivity index (χ1v) is 8.46. The molecule has 1 saturated carbocycles. The van der Waals surface area contributed by atoms with Gasteiger partial charge in [0.1, 0.15) is 4.21 Å². The van der Waals surface area contributed by atoms with Gasteiger partial charge in [0.05, 0.1) is 4.34 Å². The van der Waals surface area contributed by atoms with E-state index in [-0.39, 0.29) is 4.21 Å². The van der Waals surface area contributed by atoms with E-state index in [4.69, 9.17) is 17.3 Å². The minimum Gasteiger partial charge on any atom is -0.329 e. The van der Waals surface area contributed by atoms with Crippen LogP contribution in [0, 0.1) is 12.8 Å². The molecule has 1 atom stereocenters. The average Bonchev–Trinajstić information content (AvgIpc) is 3.07. The molecule has 2 rings (SSSR count). The minimum absolute atomic E-state index is 0.255. The SMILES string of the molecule is Cc1cc(S(=O)(=O)NC(C)(CN)C2CC2)sc1Cl. The summed E-state index contributed by atoms with van der Waals surface area (Å²) < 4.78 is 28.1. The highest BCUT2D eigenvalue weighted by molar-refractivity contribution is 7.91. The van der Waals surface area contributed by atoms with Gasteiger partial charge in [-0.15, -0.1) is 11.3 Å². The van der Waals surface area contributed by atoms with Crippen LogP contribution in [0.2, 0.25) is 4.34 Å². The van der Waals surface area contributed by atoms with Crippen molar-refractivity contribution >= 4 is 33.0 Å². The number of hydrogen-bond acceptors (Lipinski definition) is 4. The molecule has 3 N–H and O–H groups in total. The molecule has 7 heteroatoms. The molecule has 1 unspecified atom stereocenters. The second-order valence-corrected chi connectivity index (χ2v) is 8.59. The number of nitrogens with two attached hydrogens (primary N) is 1. The van der Waals surface area contributed by atoms with Gasteiger partial charge in [0.25, 0.3) is 10.0 Å². The largest absolute Gasteiger partial charge is 0.329 e. The van der Waals surface area contributed by atoms with Gasteiger partial charge in [-0.1, -0.05) is 11.6 Å². The quantitative estimate of drug-likeness (QED) is 0.875. The maximum Gasteiger partial charge on any atom is 0.250 e. The molecule has 0 amide bonds. The van der Waals surface area contributed by atoms with Gasteiger partial charge in [-0.25, -0.2) is 13.1 Å². The molecule has 0 aliphatic heterocycles. The monoisotopic (exact) mass is 308 g/mol. The van der Waals surface area contributed by atoms with Crippen molar-refractivity contribution in [1.29, 1.82) is 0 Å². The van der Waals surface area contributed by atoms with Crippen LogP contribution in [0.25, 0.3) is 0 Å². The van der Waals surface area contributed by atoms with E-state index in [2.05, 4.69) is 4.72 Å². The Labute approximate surface area is 117 Å². The van der Waals surface area contributed by atoms with Crippen LogP contribution >= 0.6 is 22.9 Å². The first-order valence-electron chi connectivity index (χ1n) is 5.78. The fourth-order valence-electron chi connectivity index (χ4n) is 1.93. The van der Waals surface area contributed by atoms with E-state index in [9.17, 15) is 8.42 Å². The molecular formula is C11H17ClN2O2S2. The summed E-state index contributed by atoms with van der Waals surface area (Å²) in [5.41, 5.74) is 5.95. The molecule has 1 aromatic heterocycles. The van der Waals surface area contributed by atoms with Crippen molar-refractivity contribution in [2.75, 3.05) is 6.54 Å². The first kappa shape index (κ1) is 14.3. The number of thiophene rings is 1. The Morgan fingerprint density at radius 3 is 2.61 bits per heavy atom. The zero-order valence-electron chi connectivity index (χ0n) is 10.4. The summed E-state index contributed by atoms with van der Waals surface area (Å²) in [5.74, 6) is 0.341. The Bertz CT molecular complexity index is 532. The van der Waals surface area contributed by atoms with E-state index in [0.717, 1.165) is 29.7 Å². The molecule has 1 aliphatic carbocycles. The van der Waals surface area contributed by atoms with Crippen LogP contribution in [-0.4, -0.2) is 20.5 Å². The lowest BCUT2D eigenvalue weighted by Crippen LogP contribution is -2.52. The topological polar surface area (TPSA) is 72.2 Å². The van der Waals surface area contributed by atoms with Crippen LogP contribution in [0.1, 0.15) is 25.3 Å². The number of nitrogens with one attached hydrogen (secondary N) is 1. The summed E-state index contributed by atoms with van der Waals surface area (Å²) in [7, 11) is -3.53. The van der Waals surface area contributed by atoms with Crippen LogP contribution in [0.4, 0.5) is 0 Å². The number of hydrogen-bond donors (Lipinski definition) is 2. The molecule has 1 aliphatic rings. The third kappa shape index (κ3) is 2.72. The molecule has 0 aromatic carbocycles. The van der Waals surface area contributed by atoms with Gasteiger partial charge < -0.3 is 5.73 Å². The smallest absolute Gasteiger partial charge is 0.250 e. The fraction of sp³-hybridized carbons (Fsp3) is 0.636. The Balaban J connectivity index is 2.26. The number of halogens is 1. The summed E-state index contributed by atoms with van der Waals surface area (Å²) in [5, 5.41) is 0. The number of rotatable bonds is 5. The van der Waals surface area contributed by atoms with Crippen molar-refractivity contribution in [3.63, 3.8) is 0 Å². The molecule has 0 radical (unpaired) electrons. The molecule has 0 saturated heterocycles. The van der Waals surface area contributed by atoms with Crippen molar-refractivity contribution in [3.05, 3.63) is 16.0 Å². The Morgan fingerprint density at radius 2 is 2.22 bits per heavy atom. The molecule has 0 bridgehead atoms. The van der Waals surface area contributed by atoms with Crippen molar-refractivity contribution in [3.8, 4) is 0 Å². The zero-order chi connectivity index (χ0) is 13.6. The van der Waals surface area contributed by atoms with Gasteiger partial charge in [0, 0.05) is 12.1 Å². The summed E-state index contributed by atoms with van der Waals surface area (Å²) >= 11 is 7.00. The standard InChI is InChI=1S/C11H17ClN2O2S2/c1-7-5-9(17-10(7)12)18(15,16)14-11(2,6-13)8-3-4-8/h5,8,14H,3-4,6,13H2,1-2H3. The van der Waals surface area contributed by atoms with E-state index >= 15 is 0 Å². The maximum absolute atomic E-state index is 12.3. The number of aryl methyl sites for hydroxylation is 1. The van der Waals surface area contributed by atoms with Crippen LogP contribution in [0.3, 0.4) is 0 Å². The van der Waals surface area contributed by atoms with E-state index < -0.39 is 15.6 Å². The normalized spacial score (nSPS) is 19.8. The van der Waals surface area contributed by atoms with E-state index in [1.54, 1.807) is 13.0 Å². The minimum atomic E-state index is -3.53. The van der Waals surface area contributed by atoms with E-state index in [1.165, 1.54) is 0 Å². The molecule has 1 aromatic rings. The van der Waals surface area contributed by atoms with Gasteiger partial charge in [-0.05, 0) is 44.2 Å².